The molecule has 0 bridgehead atoms. The summed E-state index contributed by atoms with van der Waals surface area (Å²) < 4.78 is 7.68. The summed E-state index contributed by atoms with van der Waals surface area (Å²) >= 11 is 6.59. The molecule has 1 aliphatic rings. The Bertz CT molecular complexity index is 1280. The quantitative estimate of drug-likeness (QED) is 0.217. The van der Waals surface area contributed by atoms with E-state index in [1.807, 2.05) is 50.3 Å². The van der Waals surface area contributed by atoms with Crippen molar-refractivity contribution < 1.29 is 14.5 Å². The van der Waals surface area contributed by atoms with Crippen LogP contribution in [-0.4, -0.2) is 26.8 Å². The van der Waals surface area contributed by atoms with Gasteiger partial charge in [0.2, 0.25) is 0 Å². The molecule has 1 fully saturated rings. The topological polar surface area (TPSA) is 77.6 Å². The minimum absolute atomic E-state index is 0.0939. The fourth-order valence-corrected chi connectivity index (χ4v) is 4.93. The standard InChI is InChI=1S/C23H19N3O4S2/c1-14-11-16(15(2)24(14)17-7-9-20(30-3)10-8-17)12-21-22(27)25(23(31)32-21)18-5-4-6-19(13-18)26(28)29/h4-13H,1-3H3. The van der Waals surface area contributed by atoms with Crippen LogP contribution in [-0.2, 0) is 4.79 Å². The normalized spacial score (nSPS) is 15.0. The van der Waals surface area contributed by atoms with E-state index in [1.165, 1.54) is 34.9 Å². The third-order valence-corrected chi connectivity index (χ3v) is 6.48. The molecule has 162 valence electrons. The zero-order valence-corrected chi connectivity index (χ0v) is 19.2. The number of thiocarbonyl (C=S) groups is 1. The second kappa shape index (κ2) is 8.60. The summed E-state index contributed by atoms with van der Waals surface area (Å²) in [6, 6.07) is 15.7. The predicted molar refractivity (Wildman–Crippen MR) is 131 cm³/mol. The summed E-state index contributed by atoms with van der Waals surface area (Å²) in [4.78, 5) is 25.5. The number of thioether (sulfide) groups is 1. The molecular weight excluding hydrogens is 446 g/mol. The molecule has 0 unspecified atom stereocenters. The number of nitrogens with zero attached hydrogens (tertiary/aromatic N) is 3. The van der Waals surface area contributed by atoms with E-state index in [2.05, 4.69) is 4.57 Å². The number of ether oxygens (including phenoxy) is 1. The number of rotatable bonds is 5. The van der Waals surface area contributed by atoms with Crippen LogP contribution in [0, 0.1) is 24.0 Å². The van der Waals surface area contributed by atoms with Crippen LogP contribution < -0.4 is 9.64 Å². The Balaban J connectivity index is 1.68. The zero-order valence-electron chi connectivity index (χ0n) is 17.6. The molecule has 0 N–H and O–H groups in total. The number of hydrogen-bond acceptors (Lipinski definition) is 6. The predicted octanol–water partition coefficient (Wildman–Crippen LogP) is 5.42. The van der Waals surface area contributed by atoms with Gasteiger partial charge in [0.05, 0.1) is 22.6 Å². The first-order valence-electron chi connectivity index (χ1n) is 9.66. The molecule has 0 spiro atoms. The van der Waals surface area contributed by atoms with Gasteiger partial charge in [-0.2, -0.15) is 0 Å². The number of benzene rings is 2. The molecule has 2 heterocycles. The number of non-ortho nitro benzene ring substituents is 1. The number of methoxy groups -OCH3 is 1. The molecule has 3 aromatic rings. The van der Waals surface area contributed by atoms with Crippen molar-refractivity contribution in [2.75, 3.05) is 12.0 Å². The lowest BCUT2D eigenvalue weighted by Gasteiger charge is -2.14. The average Bonchev–Trinajstić information content (AvgIpc) is 3.22. The monoisotopic (exact) mass is 465 g/mol. The van der Waals surface area contributed by atoms with Crippen LogP contribution in [0.3, 0.4) is 0 Å². The number of aromatic nitrogens is 1. The lowest BCUT2D eigenvalue weighted by Crippen LogP contribution is -2.27. The van der Waals surface area contributed by atoms with Crippen molar-refractivity contribution in [2.45, 2.75) is 13.8 Å². The fourth-order valence-electron chi connectivity index (χ4n) is 3.64. The van der Waals surface area contributed by atoms with Gasteiger partial charge in [-0.3, -0.25) is 19.8 Å². The maximum Gasteiger partial charge on any atom is 0.271 e. The third-order valence-electron chi connectivity index (χ3n) is 5.18. The Morgan fingerprint density at radius 1 is 1.09 bits per heavy atom. The first-order chi connectivity index (χ1) is 15.3. The van der Waals surface area contributed by atoms with Crippen LogP contribution in [0.1, 0.15) is 17.0 Å². The van der Waals surface area contributed by atoms with Crippen LogP contribution in [0.4, 0.5) is 11.4 Å². The second-order valence-electron chi connectivity index (χ2n) is 7.15. The summed E-state index contributed by atoms with van der Waals surface area (Å²) in [6.45, 7) is 3.99. The summed E-state index contributed by atoms with van der Waals surface area (Å²) in [5, 5.41) is 11.1. The first kappa shape index (κ1) is 21.8. The van der Waals surface area contributed by atoms with Crippen molar-refractivity contribution in [1.29, 1.82) is 0 Å². The fraction of sp³-hybridized carbons (Fsp3) is 0.130. The van der Waals surface area contributed by atoms with Crippen LogP contribution in [0.5, 0.6) is 5.75 Å². The number of aryl methyl sites for hydroxylation is 1. The molecule has 9 heteroatoms. The number of carbonyl (C=O) groups is 1. The molecule has 0 aliphatic carbocycles. The number of nitro groups is 1. The maximum atomic E-state index is 13.1. The summed E-state index contributed by atoms with van der Waals surface area (Å²) in [6.07, 6.45) is 1.82. The van der Waals surface area contributed by atoms with Crippen molar-refractivity contribution in [3.63, 3.8) is 0 Å². The second-order valence-corrected chi connectivity index (χ2v) is 8.83. The summed E-state index contributed by atoms with van der Waals surface area (Å²) in [5.41, 5.74) is 4.18. The largest absolute Gasteiger partial charge is 0.497 e. The molecule has 0 atom stereocenters. The molecule has 1 aliphatic heterocycles. The molecule has 1 amide bonds. The molecule has 32 heavy (non-hydrogen) atoms. The van der Waals surface area contributed by atoms with Gasteiger partial charge >= 0.3 is 0 Å². The minimum atomic E-state index is -0.495. The molecule has 4 rings (SSSR count). The Morgan fingerprint density at radius 2 is 1.81 bits per heavy atom. The van der Waals surface area contributed by atoms with E-state index < -0.39 is 4.92 Å². The van der Waals surface area contributed by atoms with Crippen LogP contribution in [0.2, 0.25) is 0 Å². The van der Waals surface area contributed by atoms with Crippen molar-refractivity contribution in [3.8, 4) is 11.4 Å². The van der Waals surface area contributed by atoms with E-state index in [4.69, 9.17) is 17.0 Å². The van der Waals surface area contributed by atoms with E-state index >= 15 is 0 Å². The van der Waals surface area contributed by atoms with E-state index in [0.29, 0.717) is 14.9 Å². The Labute approximate surface area is 194 Å². The molecule has 1 aromatic heterocycles. The van der Waals surface area contributed by atoms with E-state index in [9.17, 15) is 14.9 Å². The van der Waals surface area contributed by atoms with E-state index in [1.54, 1.807) is 13.2 Å². The molecule has 0 radical (unpaired) electrons. The van der Waals surface area contributed by atoms with Gasteiger partial charge in [-0.25, -0.2) is 0 Å². The molecule has 1 saturated heterocycles. The number of nitro benzene ring substituents is 1. The number of anilines is 1. The van der Waals surface area contributed by atoms with Gasteiger partial charge in [0.15, 0.2) is 4.32 Å². The van der Waals surface area contributed by atoms with Gasteiger partial charge in [0.25, 0.3) is 11.6 Å². The number of carbonyl (C=O) groups excluding carboxylic acids is 1. The SMILES string of the molecule is COc1ccc(-n2c(C)cc(C=C3SC(=S)N(c4cccc([N+](=O)[O-])c4)C3=O)c2C)cc1. The highest BCUT2D eigenvalue weighted by Crippen LogP contribution is 2.37. The molecule has 0 saturated carbocycles. The zero-order chi connectivity index (χ0) is 23.0. The van der Waals surface area contributed by atoms with E-state index in [-0.39, 0.29) is 11.6 Å². The molecular formula is C23H19N3O4S2. The highest BCUT2D eigenvalue weighted by molar-refractivity contribution is 8.27. The van der Waals surface area contributed by atoms with Gasteiger partial charge in [-0.1, -0.05) is 30.0 Å². The summed E-state index contributed by atoms with van der Waals surface area (Å²) in [7, 11) is 1.63. The van der Waals surface area contributed by atoms with Crippen LogP contribution >= 0.6 is 24.0 Å². The lowest BCUT2D eigenvalue weighted by molar-refractivity contribution is -0.384. The smallest absolute Gasteiger partial charge is 0.271 e. The highest BCUT2D eigenvalue weighted by atomic mass is 32.2. The van der Waals surface area contributed by atoms with Gasteiger partial charge in [0.1, 0.15) is 5.75 Å². The Kier molecular flexibility index (Phi) is 5.86. The third kappa shape index (κ3) is 3.92. The van der Waals surface area contributed by atoms with Gasteiger partial charge in [-0.05, 0) is 61.9 Å². The van der Waals surface area contributed by atoms with Gasteiger partial charge < -0.3 is 9.30 Å². The summed E-state index contributed by atoms with van der Waals surface area (Å²) in [5.74, 6) is 0.482. The van der Waals surface area contributed by atoms with Gasteiger partial charge in [-0.15, -0.1) is 0 Å². The minimum Gasteiger partial charge on any atom is -0.497 e. The highest BCUT2D eigenvalue weighted by Gasteiger charge is 2.34. The number of amides is 1. The van der Waals surface area contributed by atoms with Crippen molar-refractivity contribution in [3.05, 3.63) is 86.6 Å². The maximum absolute atomic E-state index is 13.1. The van der Waals surface area contributed by atoms with Crippen molar-refractivity contribution >= 4 is 51.7 Å². The lowest BCUT2D eigenvalue weighted by atomic mass is 10.2. The van der Waals surface area contributed by atoms with Crippen LogP contribution in [0.25, 0.3) is 11.8 Å². The Morgan fingerprint density at radius 3 is 2.47 bits per heavy atom. The van der Waals surface area contributed by atoms with Crippen molar-refractivity contribution in [1.82, 2.24) is 4.57 Å². The Hall–Kier alpha value is -3.43. The first-order valence-corrected chi connectivity index (χ1v) is 10.9. The van der Waals surface area contributed by atoms with Crippen LogP contribution in [0.15, 0.2) is 59.5 Å². The molecule has 2 aromatic carbocycles. The number of hydrogen-bond donors (Lipinski definition) is 0. The van der Waals surface area contributed by atoms with Gasteiger partial charge in [0, 0.05) is 29.2 Å². The van der Waals surface area contributed by atoms with E-state index in [0.717, 1.165) is 28.4 Å². The average molecular weight is 466 g/mol. The molecule has 7 nitrogen and oxygen atoms in total. The van der Waals surface area contributed by atoms with Crippen molar-refractivity contribution in [2.24, 2.45) is 0 Å².